The Balaban J connectivity index is 2.14. The zero-order valence-corrected chi connectivity index (χ0v) is 11.2. The van der Waals surface area contributed by atoms with Crippen LogP contribution >= 0.6 is 0 Å². The van der Waals surface area contributed by atoms with Crippen LogP contribution in [-0.4, -0.2) is 4.98 Å². The average molecular weight is 251 g/mol. The number of nitriles is 1. The van der Waals surface area contributed by atoms with Gasteiger partial charge in [-0.3, -0.25) is 10.3 Å². The summed E-state index contributed by atoms with van der Waals surface area (Å²) in [6, 6.07) is 17.8. The number of nitrogens with zero attached hydrogens (tertiary/aromatic N) is 2. The first-order chi connectivity index (χ1) is 9.20. The summed E-state index contributed by atoms with van der Waals surface area (Å²) in [6.45, 7) is 3.98. The summed E-state index contributed by atoms with van der Waals surface area (Å²) >= 11 is 0. The van der Waals surface area contributed by atoms with Gasteiger partial charge in [0.1, 0.15) is 6.04 Å². The van der Waals surface area contributed by atoms with Gasteiger partial charge in [-0.15, -0.1) is 0 Å². The molecule has 1 N–H and O–H groups in total. The first-order valence-corrected chi connectivity index (χ1v) is 6.35. The minimum atomic E-state index is -0.393. The zero-order chi connectivity index (χ0) is 13.7. The molecule has 0 saturated heterocycles. The van der Waals surface area contributed by atoms with Crippen LogP contribution < -0.4 is 5.32 Å². The number of pyridine rings is 1. The highest BCUT2D eigenvalue weighted by Gasteiger charge is 2.15. The van der Waals surface area contributed by atoms with E-state index >= 15 is 0 Å². The van der Waals surface area contributed by atoms with Crippen LogP contribution in [0.25, 0.3) is 0 Å². The topological polar surface area (TPSA) is 48.7 Å². The molecule has 1 aromatic heterocycles. The van der Waals surface area contributed by atoms with E-state index in [1.54, 1.807) is 0 Å². The smallest absolute Gasteiger partial charge is 0.138 e. The summed E-state index contributed by atoms with van der Waals surface area (Å²) in [5.74, 6) is 0. The number of hydrogen-bond donors (Lipinski definition) is 1. The summed E-state index contributed by atoms with van der Waals surface area (Å²) in [5.41, 5.74) is 2.85. The predicted molar refractivity (Wildman–Crippen MR) is 75.3 cm³/mol. The van der Waals surface area contributed by atoms with Gasteiger partial charge in [-0.2, -0.15) is 5.26 Å². The van der Waals surface area contributed by atoms with Crippen LogP contribution in [0.1, 0.15) is 36.0 Å². The molecular weight excluding hydrogens is 234 g/mol. The van der Waals surface area contributed by atoms with Crippen molar-refractivity contribution in [1.82, 2.24) is 10.3 Å². The monoisotopic (exact) mass is 251 g/mol. The Labute approximate surface area is 113 Å². The van der Waals surface area contributed by atoms with Gasteiger partial charge in [0.05, 0.1) is 11.8 Å². The Hall–Kier alpha value is -2.18. The van der Waals surface area contributed by atoms with E-state index in [4.69, 9.17) is 0 Å². The van der Waals surface area contributed by atoms with Crippen LogP contribution in [0.5, 0.6) is 0 Å². The number of aromatic nitrogens is 1. The van der Waals surface area contributed by atoms with Gasteiger partial charge in [-0.1, -0.05) is 36.4 Å². The molecule has 0 aliphatic heterocycles. The Morgan fingerprint density at radius 1 is 1.11 bits per heavy atom. The maximum atomic E-state index is 9.31. The van der Waals surface area contributed by atoms with E-state index in [0.29, 0.717) is 0 Å². The normalized spacial score (nSPS) is 13.5. The third-order valence-corrected chi connectivity index (χ3v) is 3.05. The van der Waals surface area contributed by atoms with Gasteiger partial charge in [0, 0.05) is 11.7 Å². The summed E-state index contributed by atoms with van der Waals surface area (Å²) in [6.07, 6.45) is 0. The van der Waals surface area contributed by atoms with Gasteiger partial charge in [0.15, 0.2) is 0 Å². The van der Waals surface area contributed by atoms with E-state index in [-0.39, 0.29) is 6.04 Å². The lowest BCUT2D eigenvalue weighted by atomic mass is 10.1. The number of rotatable bonds is 4. The molecule has 2 rings (SSSR count). The van der Waals surface area contributed by atoms with Crippen molar-refractivity contribution in [2.75, 3.05) is 0 Å². The van der Waals surface area contributed by atoms with Crippen molar-refractivity contribution >= 4 is 0 Å². The standard InChI is InChI=1S/C16H17N3/c1-12-7-6-10-15(18-12)16(11-17)19-13(2)14-8-4-3-5-9-14/h3-10,13,16,19H,1-2H3/t13-,16+/m0/s1. The van der Waals surface area contributed by atoms with Crippen LogP contribution in [0, 0.1) is 18.3 Å². The van der Waals surface area contributed by atoms with Crippen LogP contribution in [0.3, 0.4) is 0 Å². The predicted octanol–water partition coefficient (Wildman–Crippen LogP) is 3.31. The lowest BCUT2D eigenvalue weighted by Crippen LogP contribution is -2.24. The Bertz CT molecular complexity index is 572. The van der Waals surface area contributed by atoms with Crippen LogP contribution in [0.2, 0.25) is 0 Å². The van der Waals surface area contributed by atoms with E-state index in [2.05, 4.69) is 35.4 Å². The van der Waals surface area contributed by atoms with Gasteiger partial charge >= 0.3 is 0 Å². The maximum absolute atomic E-state index is 9.31. The number of nitrogens with one attached hydrogen (secondary N) is 1. The molecule has 0 fully saturated rings. The molecule has 0 saturated carbocycles. The van der Waals surface area contributed by atoms with Crippen molar-refractivity contribution in [1.29, 1.82) is 5.26 Å². The first kappa shape index (κ1) is 13.3. The largest absolute Gasteiger partial charge is 0.290 e. The van der Waals surface area contributed by atoms with E-state index in [9.17, 15) is 5.26 Å². The fourth-order valence-electron chi connectivity index (χ4n) is 2.00. The summed E-state index contributed by atoms with van der Waals surface area (Å²) in [4.78, 5) is 4.41. The highest BCUT2D eigenvalue weighted by Crippen LogP contribution is 2.18. The molecule has 19 heavy (non-hydrogen) atoms. The van der Waals surface area contributed by atoms with Gasteiger partial charge in [0.2, 0.25) is 0 Å². The number of aryl methyl sites for hydroxylation is 1. The fraction of sp³-hybridized carbons (Fsp3) is 0.250. The van der Waals surface area contributed by atoms with Gasteiger partial charge < -0.3 is 0 Å². The van der Waals surface area contributed by atoms with Crippen molar-refractivity contribution in [2.45, 2.75) is 25.9 Å². The Morgan fingerprint density at radius 2 is 1.84 bits per heavy atom. The highest BCUT2D eigenvalue weighted by atomic mass is 15.0. The minimum absolute atomic E-state index is 0.105. The first-order valence-electron chi connectivity index (χ1n) is 6.35. The second-order valence-electron chi connectivity index (χ2n) is 4.56. The van der Waals surface area contributed by atoms with Crippen molar-refractivity contribution in [3.63, 3.8) is 0 Å². The van der Waals surface area contributed by atoms with E-state index in [0.717, 1.165) is 17.0 Å². The zero-order valence-electron chi connectivity index (χ0n) is 11.2. The number of hydrogen-bond acceptors (Lipinski definition) is 3. The summed E-state index contributed by atoms with van der Waals surface area (Å²) < 4.78 is 0. The molecule has 0 spiro atoms. The molecule has 2 aromatic rings. The minimum Gasteiger partial charge on any atom is -0.290 e. The van der Waals surface area contributed by atoms with Crippen LogP contribution in [0.15, 0.2) is 48.5 Å². The Morgan fingerprint density at radius 3 is 2.47 bits per heavy atom. The van der Waals surface area contributed by atoms with Crippen LogP contribution in [-0.2, 0) is 0 Å². The molecule has 0 bridgehead atoms. The second-order valence-corrected chi connectivity index (χ2v) is 4.56. The van der Waals surface area contributed by atoms with Gasteiger partial charge in [-0.05, 0) is 31.5 Å². The molecule has 0 radical (unpaired) electrons. The third-order valence-electron chi connectivity index (χ3n) is 3.05. The lowest BCUT2D eigenvalue weighted by molar-refractivity contribution is 0.525. The molecule has 0 aliphatic rings. The maximum Gasteiger partial charge on any atom is 0.138 e. The van der Waals surface area contributed by atoms with E-state index in [1.165, 1.54) is 0 Å². The summed E-state index contributed by atoms with van der Waals surface area (Å²) in [7, 11) is 0. The molecule has 0 aliphatic carbocycles. The Kier molecular flexibility index (Phi) is 4.27. The molecule has 1 aromatic carbocycles. The fourth-order valence-corrected chi connectivity index (χ4v) is 2.00. The second kappa shape index (κ2) is 6.12. The summed E-state index contributed by atoms with van der Waals surface area (Å²) in [5, 5.41) is 12.6. The average Bonchev–Trinajstić information content (AvgIpc) is 2.45. The molecule has 96 valence electrons. The molecule has 3 nitrogen and oxygen atoms in total. The lowest BCUT2D eigenvalue weighted by Gasteiger charge is -2.18. The SMILES string of the molecule is Cc1cccc([C@@H](C#N)N[C@@H](C)c2ccccc2)n1. The molecule has 2 atom stereocenters. The molecule has 1 heterocycles. The highest BCUT2D eigenvalue weighted by molar-refractivity contribution is 5.22. The number of benzene rings is 1. The van der Waals surface area contributed by atoms with Crippen molar-refractivity contribution in [3.8, 4) is 6.07 Å². The van der Waals surface area contributed by atoms with Gasteiger partial charge in [0.25, 0.3) is 0 Å². The third kappa shape index (κ3) is 3.40. The quantitative estimate of drug-likeness (QED) is 0.907. The molecule has 0 amide bonds. The van der Waals surface area contributed by atoms with Crippen molar-refractivity contribution < 1.29 is 0 Å². The molecule has 3 heteroatoms. The molecular formula is C16H17N3. The van der Waals surface area contributed by atoms with Gasteiger partial charge in [-0.25, -0.2) is 0 Å². The van der Waals surface area contributed by atoms with E-state index < -0.39 is 6.04 Å². The molecule has 0 unspecified atom stereocenters. The van der Waals surface area contributed by atoms with Crippen molar-refractivity contribution in [2.24, 2.45) is 0 Å². The van der Waals surface area contributed by atoms with E-state index in [1.807, 2.05) is 43.3 Å². The van der Waals surface area contributed by atoms with Crippen molar-refractivity contribution in [3.05, 3.63) is 65.5 Å². The van der Waals surface area contributed by atoms with Crippen LogP contribution in [0.4, 0.5) is 0 Å².